The monoisotopic (exact) mass is 319 g/mol. The Balaban J connectivity index is 4.81. The van der Waals surface area contributed by atoms with E-state index < -0.39 is 21.3 Å². The van der Waals surface area contributed by atoms with Gasteiger partial charge in [0.05, 0.1) is 6.29 Å². The summed E-state index contributed by atoms with van der Waals surface area (Å²) in [4.78, 5) is 1.53. The van der Waals surface area contributed by atoms with Crippen molar-refractivity contribution in [1.82, 2.24) is 4.90 Å². The predicted molar refractivity (Wildman–Crippen MR) is 71.5 cm³/mol. The van der Waals surface area contributed by atoms with Gasteiger partial charge in [-0.1, -0.05) is 0 Å². The summed E-state index contributed by atoms with van der Waals surface area (Å²) in [6.07, 6.45) is -0.379. The molecule has 0 saturated carbocycles. The lowest BCUT2D eigenvalue weighted by Crippen LogP contribution is -2.29. The molecule has 0 aromatic heterocycles. The van der Waals surface area contributed by atoms with E-state index in [-0.39, 0.29) is 19.2 Å². The van der Waals surface area contributed by atoms with Gasteiger partial charge in [0.1, 0.15) is 12.6 Å². The van der Waals surface area contributed by atoms with E-state index in [1.165, 1.54) is 26.2 Å². The summed E-state index contributed by atoms with van der Waals surface area (Å²) < 4.78 is 38.5. The molecule has 2 N–H and O–H groups in total. The Bertz CT molecular complexity index is 295. The van der Waals surface area contributed by atoms with Crippen LogP contribution < -0.4 is 0 Å². The second-order valence-electron chi connectivity index (χ2n) is 3.87. The molecule has 0 aromatic carbocycles. The summed E-state index contributed by atoms with van der Waals surface area (Å²) in [7, 11) is -2.75. The van der Waals surface area contributed by atoms with Gasteiger partial charge >= 0.3 is 7.60 Å². The Kier molecular flexibility index (Phi) is 9.32. The number of aliphatic hydroxyl groups excluding tert-OH is 2. The molecule has 0 bridgehead atoms. The van der Waals surface area contributed by atoms with Crippen molar-refractivity contribution in [2.45, 2.75) is 6.42 Å². The number of hydrogen-bond acceptors (Lipinski definition) is 8. The zero-order chi connectivity index (χ0) is 14.9. The van der Waals surface area contributed by atoms with Crippen LogP contribution in [0.4, 0.5) is 0 Å². The average molecular weight is 319 g/mol. The lowest BCUT2D eigenvalue weighted by molar-refractivity contribution is 0.219. The molecule has 0 aliphatic carbocycles. The first-order valence-electron chi connectivity index (χ1n) is 5.67. The number of rotatable bonds is 11. The van der Waals surface area contributed by atoms with Crippen LogP contribution in [0.1, 0.15) is 6.42 Å². The third kappa shape index (κ3) is 6.97. The molecule has 0 rings (SSSR count). The van der Waals surface area contributed by atoms with Crippen LogP contribution in [0.5, 0.6) is 0 Å². The van der Waals surface area contributed by atoms with Crippen molar-refractivity contribution in [2.75, 3.05) is 53.4 Å². The molecule has 116 valence electrons. The maximum Gasteiger partial charge on any atom is 0.344 e. The van der Waals surface area contributed by atoms with Gasteiger partial charge in [-0.05, 0) is 6.42 Å². The first kappa shape index (κ1) is 19.2. The maximum absolute atomic E-state index is 12.0. The molecule has 0 aliphatic heterocycles. The fraction of sp³-hybridized carbons (Fsp3) is 1.00. The summed E-state index contributed by atoms with van der Waals surface area (Å²) in [5.74, 6) is 0. The molecule has 0 amide bonds. The largest absolute Gasteiger partial charge is 0.396 e. The number of nitrogens with zero attached hydrogens (tertiary/aromatic N) is 1. The number of hydrogen-bond donors (Lipinski definition) is 2. The molecule has 0 aromatic rings. The SMILES string of the molecule is COP(=O)(CO)CN(CCCO)CP(=O)(OC)OC. The van der Waals surface area contributed by atoms with Gasteiger partial charge in [-0.3, -0.25) is 14.0 Å². The third-order valence-electron chi connectivity index (χ3n) is 2.53. The molecule has 10 heteroatoms. The highest BCUT2D eigenvalue weighted by molar-refractivity contribution is 7.58. The van der Waals surface area contributed by atoms with Gasteiger partial charge in [-0.25, -0.2) is 0 Å². The molecule has 0 fully saturated rings. The molecule has 0 heterocycles. The standard InChI is InChI=1S/C9H23NO7P2/c1-15-18(13,9-12)7-10(5-4-6-11)8-19(14,16-2)17-3/h11-12H,4-9H2,1-3H3. The van der Waals surface area contributed by atoms with E-state index in [0.717, 1.165) is 0 Å². The Morgan fingerprint density at radius 1 is 1.00 bits per heavy atom. The minimum atomic E-state index is -3.30. The minimum absolute atomic E-state index is 0.0584. The van der Waals surface area contributed by atoms with Crippen molar-refractivity contribution in [3.05, 3.63) is 0 Å². The maximum atomic E-state index is 12.0. The molecular weight excluding hydrogens is 296 g/mol. The van der Waals surface area contributed by atoms with Crippen LogP contribution in [-0.2, 0) is 22.7 Å². The highest BCUT2D eigenvalue weighted by Crippen LogP contribution is 2.50. The van der Waals surface area contributed by atoms with Gasteiger partial charge in [0, 0.05) is 34.5 Å². The summed E-state index contributed by atoms with van der Waals surface area (Å²) in [6.45, 7) is 0.276. The summed E-state index contributed by atoms with van der Waals surface area (Å²) >= 11 is 0. The normalized spacial score (nSPS) is 15.7. The van der Waals surface area contributed by atoms with Crippen LogP contribution in [0.3, 0.4) is 0 Å². The minimum Gasteiger partial charge on any atom is -0.396 e. The summed E-state index contributed by atoms with van der Waals surface area (Å²) in [5, 5.41) is 17.9. The van der Waals surface area contributed by atoms with Crippen LogP contribution >= 0.6 is 15.0 Å². The van der Waals surface area contributed by atoms with Gasteiger partial charge in [-0.15, -0.1) is 0 Å². The fourth-order valence-electron chi connectivity index (χ4n) is 1.38. The smallest absolute Gasteiger partial charge is 0.344 e. The molecule has 1 unspecified atom stereocenters. The van der Waals surface area contributed by atoms with Crippen molar-refractivity contribution in [1.29, 1.82) is 0 Å². The molecule has 8 nitrogen and oxygen atoms in total. The first-order chi connectivity index (χ1) is 8.88. The zero-order valence-corrected chi connectivity index (χ0v) is 13.3. The van der Waals surface area contributed by atoms with Gasteiger partial charge in [0.15, 0.2) is 0 Å². The third-order valence-corrected chi connectivity index (χ3v) is 6.31. The molecule has 1 atom stereocenters. The quantitative estimate of drug-likeness (QED) is 0.542. The first-order valence-corrected chi connectivity index (χ1v) is 9.39. The molecular formula is C9H23NO7P2. The van der Waals surface area contributed by atoms with Crippen LogP contribution in [0.15, 0.2) is 0 Å². The van der Waals surface area contributed by atoms with E-state index in [4.69, 9.17) is 23.8 Å². The van der Waals surface area contributed by atoms with Crippen LogP contribution in [0.25, 0.3) is 0 Å². The van der Waals surface area contributed by atoms with Crippen LogP contribution in [0.2, 0.25) is 0 Å². The average Bonchev–Trinajstić information content (AvgIpc) is 2.44. The van der Waals surface area contributed by atoms with E-state index >= 15 is 0 Å². The Morgan fingerprint density at radius 2 is 1.58 bits per heavy atom. The van der Waals surface area contributed by atoms with E-state index in [0.29, 0.717) is 13.0 Å². The zero-order valence-electron chi connectivity index (χ0n) is 11.5. The van der Waals surface area contributed by atoms with E-state index in [9.17, 15) is 9.13 Å². The van der Waals surface area contributed by atoms with Gasteiger partial charge in [0.25, 0.3) is 0 Å². The summed E-state index contributed by atoms with van der Waals surface area (Å²) in [6, 6.07) is 0. The van der Waals surface area contributed by atoms with Gasteiger partial charge < -0.3 is 23.8 Å². The molecule has 19 heavy (non-hydrogen) atoms. The van der Waals surface area contributed by atoms with Crippen molar-refractivity contribution in [3.8, 4) is 0 Å². The van der Waals surface area contributed by atoms with Crippen molar-refractivity contribution in [3.63, 3.8) is 0 Å². The van der Waals surface area contributed by atoms with Crippen molar-refractivity contribution in [2.24, 2.45) is 0 Å². The van der Waals surface area contributed by atoms with Gasteiger partial charge in [-0.2, -0.15) is 0 Å². The van der Waals surface area contributed by atoms with Crippen LogP contribution in [-0.4, -0.2) is 68.5 Å². The van der Waals surface area contributed by atoms with Gasteiger partial charge in [0.2, 0.25) is 7.37 Å². The highest BCUT2D eigenvalue weighted by atomic mass is 31.2. The number of aliphatic hydroxyl groups is 2. The predicted octanol–water partition coefficient (Wildman–Crippen LogP) is 0.946. The second-order valence-corrected chi connectivity index (χ2v) is 8.66. The van der Waals surface area contributed by atoms with E-state index in [2.05, 4.69) is 0 Å². The lowest BCUT2D eigenvalue weighted by Gasteiger charge is -2.27. The Labute approximate surface area is 113 Å². The Morgan fingerprint density at radius 3 is 1.95 bits per heavy atom. The topological polar surface area (TPSA) is 106 Å². The van der Waals surface area contributed by atoms with E-state index in [1.807, 2.05) is 0 Å². The van der Waals surface area contributed by atoms with Crippen molar-refractivity contribution < 1.29 is 32.9 Å². The van der Waals surface area contributed by atoms with Crippen LogP contribution in [0, 0.1) is 0 Å². The molecule has 0 spiro atoms. The highest BCUT2D eigenvalue weighted by Gasteiger charge is 2.30. The summed E-state index contributed by atoms with van der Waals surface area (Å²) in [5.41, 5.74) is 0. The molecule has 0 aliphatic rings. The molecule has 0 radical (unpaired) electrons. The second kappa shape index (κ2) is 9.21. The fourth-order valence-corrected chi connectivity index (χ4v) is 3.82. The molecule has 0 saturated heterocycles. The lowest BCUT2D eigenvalue weighted by atomic mass is 10.4. The Hall–Kier alpha value is 0.220. The van der Waals surface area contributed by atoms with Crippen molar-refractivity contribution >= 4 is 15.0 Å². The van der Waals surface area contributed by atoms with E-state index in [1.54, 1.807) is 0 Å².